The van der Waals surface area contributed by atoms with E-state index in [1.54, 1.807) is 19.1 Å². The van der Waals surface area contributed by atoms with Crippen LogP contribution in [0.3, 0.4) is 0 Å². The van der Waals surface area contributed by atoms with Crippen LogP contribution >= 0.6 is 0 Å². The maximum Gasteiger partial charge on any atom is 0.273 e. The Bertz CT molecular complexity index is 1070. The van der Waals surface area contributed by atoms with E-state index < -0.39 is 20.9 Å². The summed E-state index contributed by atoms with van der Waals surface area (Å²) in [6, 6.07) is 9.47. The van der Waals surface area contributed by atoms with Gasteiger partial charge in [0.15, 0.2) is 0 Å². The monoisotopic (exact) mass is 417 g/mol. The van der Waals surface area contributed by atoms with Gasteiger partial charge in [0.25, 0.3) is 11.6 Å². The minimum atomic E-state index is -3.42. The largest absolute Gasteiger partial charge is 0.322 e. The summed E-state index contributed by atoms with van der Waals surface area (Å²) in [6.07, 6.45) is 2.04. The number of nitro groups is 1. The Morgan fingerprint density at radius 2 is 2.00 bits per heavy atom. The number of hydrogen-bond donors (Lipinski definition) is 1. The number of carbonyl (C=O) groups is 1. The highest BCUT2D eigenvalue weighted by Crippen LogP contribution is 2.32. The average molecular weight is 417 g/mol. The van der Waals surface area contributed by atoms with Gasteiger partial charge < -0.3 is 5.32 Å². The summed E-state index contributed by atoms with van der Waals surface area (Å²) < 4.78 is 26.6. The van der Waals surface area contributed by atoms with Gasteiger partial charge in [0.1, 0.15) is 0 Å². The number of carbonyl (C=O) groups excluding carboxylic acids is 1. The molecule has 0 fully saturated rings. The zero-order valence-corrected chi connectivity index (χ0v) is 17.2. The average Bonchev–Trinajstić information content (AvgIpc) is 2.67. The zero-order chi connectivity index (χ0) is 21.2. The fourth-order valence-electron chi connectivity index (χ4n) is 3.43. The number of amides is 1. The summed E-state index contributed by atoms with van der Waals surface area (Å²) in [6.45, 7) is 3.84. The van der Waals surface area contributed by atoms with E-state index in [-0.39, 0.29) is 17.0 Å². The van der Waals surface area contributed by atoms with Crippen LogP contribution in [0.25, 0.3) is 0 Å². The Labute approximate surface area is 169 Å². The Kier molecular flexibility index (Phi) is 5.88. The van der Waals surface area contributed by atoms with Crippen molar-refractivity contribution in [3.05, 3.63) is 63.2 Å². The van der Waals surface area contributed by atoms with Crippen molar-refractivity contribution >= 4 is 33.0 Å². The van der Waals surface area contributed by atoms with E-state index in [2.05, 4.69) is 5.32 Å². The predicted octanol–water partition coefficient (Wildman–Crippen LogP) is 3.65. The lowest BCUT2D eigenvalue weighted by Gasteiger charge is -2.31. The number of nitrogens with one attached hydrogen (secondary N) is 1. The minimum Gasteiger partial charge on any atom is -0.322 e. The first-order valence-electron chi connectivity index (χ1n) is 9.42. The summed E-state index contributed by atoms with van der Waals surface area (Å²) in [4.78, 5) is 23.2. The Balaban J connectivity index is 1.89. The van der Waals surface area contributed by atoms with Gasteiger partial charge in [-0.2, -0.15) is 0 Å². The van der Waals surface area contributed by atoms with Crippen molar-refractivity contribution < 1.29 is 18.1 Å². The smallest absolute Gasteiger partial charge is 0.273 e. The maximum absolute atomic E-state index is 12.6. The molecule has 0 atom stereocenters. The normalized spacial score (nSPS) is 13.7. The third-order valence-corrected chi connectivity index (χ3v) is 6.86. The SMILES string of the molecule is CCCS(=O)(=O)N1CCCc2ccc(NC(=O)c3ccc(C)c([N+](=O)[O-])c3)cc21. The molecule has 0 bridgehead atoms. The van der Waals surface area contributed by atoms with Crippen LogP contribution in [0.1, 0.15) is 41.3 Å². The maximum atomic E-state index is 12.6. The third kappa shape index (κ3) is 4.40. The number of hydrogen-bond acceptors (Lipinski definition) is 5. The summed E-state index contributed by atoms with van der Waals surface area (Å²) in [5.74, 6) is -0.428. The van der Waals surface area contributed by atoms with Crippen molar-refractivity contribution in [2.45, 2.75) is 33.1 Å². The van der Waals surface area contributed by atoms with Gasteiger partial charge in [-0.05, 0) is 49.9 Å². The van der Waals surface area contributed by atoms with Crippen molar-refractivity contribution in [2.24, 2.45) is 0 Å². The molecule has 2 aromatic rings. The number of sulfonamides is 1. The highest BCUT2D eigenvalue weighted by molar-refractivity contribution is 7.92. The van der Waals surface area contributed by atoms with E-state index in [0.29, 0.717) is 29.9 Å². The van der Waals surface area contributed by atoms with Crippen molar-refractivity contribution in [1.82, 2.24) is 0 Å². The second-order valence-electron chi connectivity index (χ2n) is 7.05. The molecule has 1 aliphatic rings. The second-order valence-corrected chi connectivity index (χ2v) is 9.06. The predicted molar refractivity (Wildman–Crippen MR) is 112 cm³/mol. The summed E-state index contributed by atoms with van der Waals surface area (Å²) >= 11 is 0. The molecule has 0 aliphatic carbocycles. The first-order chi connectivity index (χ1) is 13.7. The lowest BCUT2D eigenvalue weighted by molar-refractivity contribution is -0.385. The molecule has 1 heterocycles. The molecule has 0 spiro atoms. The quantitative estimate of drug-likeness (QED) is 0.570. The molecular formula is C20H23N3O5S. The molecule has 0 saturated heterocycles. The van der Waals surface area contributed by atoms with Crippen LogP contribution in [0.15, 0.2) is 36.4 Å². The van der Waals surface area contributed by atoms with E-state index in [1.807, 2.05) is 13.0 Å². The van der Waals surface area contributed by atoms with Crippen molar-refractivity contribution in [3.8, 4) is 0 Å². The van der Waals surface area contributed by atoms with E-state index in [1.165, 1.54) is 22.5 Å². The molecule has 8 nitrogen and oxygen atoms in total. The molecule has 2 aromatic carbocycles. The van der Waals surface area contributed by atoms with Gasteiger partial charge in [-0.3, -0.25) is 19.2 Å². The molecule has 3 rings (SSSR count). The van der Waals surface area contributed by atoms with Gasteiger partial charge in [0, 0.05) is 29.4 Å². The van der Waals surface area contributed by atoms with Gasteiger partial charge in [0.05, 0.1) is 16.4 Å². The Morgan fingerprint density at radius 1 is 1.24 bits per heavy atom. The van der Waals surface area contributed by atoms with E-state index in [0.717, 1.165) is 18.4 Å². The molecule has 0 saturated carbocycles. The van der Waals surface area contributed by atoms with Crippen molar-refractivity contribution in [3.63, 3.8) is 0 Å². The molecule has 0 radical (unpaired) electrons. The molecular weight excluding hydrogens is 394 g/mol. The van der Waals surface area contributed by atoms with Crippen LogP contribution in [-0.2, 0) is 16.4 Å². The highest BCUT2D eigenvalue weighted by Gasteiger charge is 2.27. The van der Waals surface area contributed by atoms with Crippen LogP contribution in [-0.4, -0.2) is 31.5 Å². The van der Waals surface area contributed by atoms with E-state index in [4.69, 9.17) is 0 Å². The lowest BCUT2D eigenvalue weighted by Crippen LogP contribution is -2.37. The van der Waals surface area contributed by atoms with Crippen LogP contribution in [0, 0.1) is 17.0 Å². The molecule has 0 unspecified atom stereocenters. The minimum absolute atomic E-state index is 0.0655. The Morgan fingerprint density at radius 3 is 2.69 bits per heavy atom. The summed E-state index contributed by atoms with van der Waals surface area (Å²) in [5, 5.41) is 13.8. The van der Waals surface area contributed by atoms with Crippen molar-refractivity contribution in [2.75, 3.05) is 21.9 Å². The van der Waals surface area contributed by atoms with Crippen LogP contribution in [0.5, 0.6) is 0 Å². The van der Waals surface area contributed by atoms with Gasteiger partial charge >= 0.3 is 0 Å². The zero-order valence-electron chi connectivity index (χ0n) is 16.3. The number of nitro benzene ring substituents is 1. The molecule has 29 heavy (non-hydrogen) atoms. The third-order valence-electron chi connectivity index (χ3n) is 4.89. The number of nitrogens with zero attached hydrogens (tertiary/aromatic N) is 2. The van der Waals surface area contributed by atoms with Crippen molar-refractivity contribution in [1.29, 1.82) is 0 Å². The lowest BCUT2D eigenvalue weighted by atomic mass is 10.0. The number of aryl methyl sites for hydroxylation is 2. The van der Waals surface area contributed by atoms with Gasteiger partial charge in [-0.15, -0.1) is 0 Å². The second kappa shape index (κ2) is 8.20. The van der Waals surface area contributed by atoms with Crippen LogP contribution in [0.2, 0.25) is 0 Å². The first-order valence-corrected chi connectivity index (χ1v) is 11.0. The molecule has 9 heteroatoms. The fraction of sp³-hybridized carbons (Fsp3) is 0.350. The number of rotatable bonds is 6. The summed E-state index contributed by atoms with van der Waals surface area (Å²) in [7, 11) is -3.42. The fourth-order valence-corrected chi connectivity index (χ4v) is 5.04. The summed E-state index contributed by atoms with van der Waals surface area (Å²) in [5.41, 5.74) is 2.44. The topological polar surface area (TPSA) is 110 Å². The Hall–Kier alpha value is -2.94. The van der Waals surface area contributed by atoms with Gasteiger partial charge in [0.2, 0.25) is 10.0 Å². The van der Waals surface area contributed by atoms with Gasteiger partial charge in [-0.25, -0.2) is 8.42 Å². The molecule has 1 N–H and O–H groups in total. The molecule has 154 valence electrons. The molecule has 1 aliphatic heterocycles. The standard InChI is InChI=1S/C20H23N3O5S/c1-3-11-29(27,28)22-10-4-5-15-8-9-17(13-19(15)22)21-20(24)16-7-6-14(2)18(12-16)23(25)26/h6-9,12-13H,3-5,10-11H2,1-2H3,(H,21,24). The molecule has 1 amide bonds. The highest BCUT2D eigenvalue weighted by atomic mass is 32.2. The number of benzene rings is 2. The first kappa shape index (κ1) is 20.8. The molecule has 0 aromatic heterocycles. The number of anilines is 2. The number of fused-ring (bicyclic) bond motifs is 1. The van der Waals surface area contributed by atoms with Crippen LogP contribution in [0.4, 0.5) is 17.1 Å². The van der Waals surface area contributed by atoms with E-state index >= 15 is 0 Å². The van der Waals surface area contributed by atoms with Gasteiger partial charge in [-0.1, -0.05) is 19.1 Å². The van der Waals surface area contributed by atoms with E-state index in [9.17, 15) is 23.3 Å². The van der Waals surface area contributed by atoms with Crippen LogP contribution < -0.4 is 9.62 Å².